The summed E-state index contributed by atoms with van der Waals surface area (Å²) in [6.07, 6.45) is 6.50. The van der Waals surface area contributed by atoms with Crippen molar-refractivity contribution in [1.82, 2.24) is 0 Å². The Labute approximate surface area is 68.5 Å². The molecule has 0 spiro atoms. The number of hydrogen-bond acceptors (Lipinski definition) is 2. The summed E-state index contributed by atoms with van der Waals surface area (Å²) < 4.78 is 10.1. The summed E-state index contributed by atoms with van der Waals surface area (Å²) in [4.78, 5) is 0. The first-order valence-electron chi connectivity index (χ1n) is 3.83. The maximum atomic E-state index is 5.21. The Morgan fingerprint density at radius 2 is 2.09 bits per heavy atom. The molecule has 11 heavy (non-hydrogen) atoms. The fourth-order valence-electron chi connectivity index (χ4n) is 0.610. The van der Waals surface area contributed by atoms with Crippen molar-refractivity contribution in [2.45, 2.75) is 13.3 Å². The first-order chi connectivity index (χ1) is 5.41. The molecule has 0 aromatic carbocycles. The van der Waals surface area contributed by atoms with Crippen LogP contribution >= 0.6 is 0 Å². The summed E-state index contributed by atoms with van der Waals surface area (Å²) in [7, 11) is 0. The normalized spacial score (nSPS) is 10.3. The molecule has 0 aliphatic carbocycles. The van der Waals surface area contributed by atoms with Gasteiger partial charge in [0, 0.05) is 0 Å². The molecular weight excluding hydrogens is 140 g/mol. The summed E-state index contributed by atoms with van der Waals surface area (Å²) in [5.41, 5.74) is 0. The van der Waals surface area contributed by atoms with Crippen LogP contribution in [0.4, 0.5) is 0 Å². The molecule has 0 fully saturated rings. The van der Waals surface area contributed by atoms with Crippen LogP contribution in [0.3, 0.4) is 0 Å². The van der Waals surface area contributed by atoms with Crippen LogP contribution in [0, 0.1) is 0 Å². The maximum Gasteiger partial charge on any atom is 0.111 e. The highest BCUT2D eigenvalue weighted by Gasteiger charge is 1.84. The van der Waals surface area contributed by atoms with Crippen LogP contribution in [0.2, 0.25) is 0 Å². The number of hydrogen-bond donors (Lipinski definition) is 0. The lowest BCUT2D eigenvalue weighted by Gasteiger charge is -2.00. The fourth-order valence-corrected chi connectivity index (χ4v) is 0.610. The van der Waals surface area contributed by atoms with E-state index in [1.807, 2.05) is 13.0 Å². The third-order valence-corrected chi connectivity index (χ3v) is 1.13. The number of rotatable bonds is 7. The molecule has 0 unspecified atom stereocenters. The molecule has 2 nitrogen and oxygen atoms in total. The van der Waals surface area contributed by atoms with E-state index in [4.69, 9.17) is 9.47 Å². The molecule has 0 aromatic heterocycles. The van der Waals surface area contributed by atoms with Crippen LogP contribution in [-0.2, 0) is 9.47 Å². The molecule has 2 heteroatoms. The average molecular weight is 156 g/mol. The van der Waals surface area contributed by atoms with Crippen LogP contribution in [-0.4, -0.2) is 19.8 Å². The van der Waals surface area contributed by atoms with E-state index >= 15 is 0 Å². The van der Waals surface area contributed by atoms with Gasteiger partial charge in [0.05, 0.1) is 19.5 Å². The van der Waals surface area contributed by atoms with Crippen molar-refractivity contribution >= 4 is 0 Å². The highest BCUT2D eigenvalue weighted by Crippen LogP contribution is 1.85. The molecule has 0 aliphatic rings. The fraction of sp³-hybridized carbons (Fsp3) is 0.556. The smallest absolute Gasteiger partial charge is 0.111 e. The molecule has 0 amide bonds. The molecule has 0 bridgehead atoms. The molecule has 0 aliphatic heterocycles. The van der Waals surface area contributed by atoms with Gasteiger partial charge < -0.3 is 9.47 Å². The van der Waals surface area contributed by atoms with E-state index < -0.39 is 0 Å². The Balaban J connectivity index is 2.84. The van der Waals surface area contributed by atoms with Gasteiger partial charge in [0.1, 0.15) is 6.61 Å². The van der Waals surface area contributed by atoms with Gasteiger partial charge in [0.25, 0.3) is 0 Å². The van der Waals surface area contributed by atoms with Crippen LogP contribution in [0.15, 0.2) is 25.0 Å². The number of allylic oxidation sites excluding steroid dienone is 1. The predicted molar refractivity (Wildman–Crippen MR) is 46.4 cm³/mol. The highest BCUT2D eigenvalue weighted by molar-refractivity contribution is 4.75. The SMILES string of the molecule is C=COCCOCCC=CC. The van der Waals surface area contributed by atoms with Crippen LogP contribution in [0.5, 0.6) is 0 Å². The molecule has 0 radical (unpaired) electrons. The van der Waals surface area contributed by atoms with Crippen molar-refractivity contribution in [2.24, 2.45) is 0 Å². The number of ether oxygens (including phenoxy) is 2. The summed E-state index contributed by atoms with van der Waals surface area (Å²) in [6, 6.07) is 0. The zero-order valence-corrected chi connectivity index (χ0v) is 7.08. The van der Waals surface area contributed by atoms with Gasteiger partial charge in [-0.15, -0.1) is 0 Å². The zero-order valence-electron chi connectivity index (χ0n) is 7.08. The third-order valence-electron chi connectivity index (χ3n) is 1.13. The Hall–Kier alpha value is -0.760. The molecule has 0 heterocycles. The van der Waals surface area contributed by atoms with Crippen molar-refractivity contribution in [3.63, 3.8) is 0 Å². The minimum Gasteiger partial charge on any atom is -0.499 e. The van der Waals surface area contributed by atoms with E-state index in [0.29, 0.717) is 13.2 Å². The van der Waals surface area contributed by atoms with Crippen molar-refractivity contribution in [3.05, 3.63) is 25.0 Å². The average Bonchev–Trinajstić information content (AvgIpc) is 2.03. The van der Waals surface area contributed by atoms with E-state index in [-0.39, 0.29) is 0 Å². The van der Waals surface area contributed by atoms with Gasteiger partial charge in [-0.2, -0.15) is 0 Å². The van der Waals surface area contributed by atoms with Gasteiger partial charge in [0.15, 0.2) is 0 Å². The van der Waals surface area contributed by atoms with Crippen molar-refractivity contribution in [3.8, 4) is 0 Å². The Morgan fingerprint density at radius 1 is 1.27 bits per heavy atom. The van der Waals surface area contributed by atoms with E-state index in [1.54, 1.807) is 0 Å². The Morgan fingerprint density at radius 3 is 2.73 bits per heavy atom. The Kier molecular flexibility index (Phi) is 8.60. The largest absolute Gasteiger partial charge is 0.499 e. The minimum atomic E-state index is 0.597. The first-order valence-corrected chi connectivity index (χ1v) is 3.83. The molecule has 0 aromatic rings. The molecule has 0 rings (SSSR count). The van der Waals surface area contributed by atoms with E-state index in [2.05, 4.69) is 12.7 Å². The molecular formula is C9H16O2. The lowest BCUT2D eigenvalue weighted by Crippen LogP contribution is -2.01. The highest BCUT2D eigenvalue weighted by atomic mass is 16.5. The molecule has 0 N–H and O–H groups in total. The van der Waals surface area contributed by atoms with Crippen molar-refractivity contribution in [2.75, 3.05) is 19.8 Å². The third kappa shape index (κ3) is 9.24. The van der Waals surface area contributed by atoms with Crippen LogP contribution in [0.25, 0.3) is 0 Å². The zero-order chi connectivity index (χ0) is 8.36. The summed E-state index contributed by atoms with van der Waals surface area (Å²) in [5.74, 6) is 0. The second kappa shape index (κ2) is 9.24. The van der Waals surface area contributed by atoms with Crippen LogP contribution in [0.1, 0.15) is 13.3 Å². The van der Waals surface area contributed by atoms with Gasteiger partial charge >= 0.3 is 0 Å². The monoisotopic (exact) mass is 156 g/mol. The maximum absolute atomic E-state index is 5.21. The van der Waals surface area contributed by atoms with Gasteiger partial charge in [0.2, 0.25) is 0 Å². The summed E-state index contributed by atoms with van der Waals surface area (Å²) >= 11 is 0. The predicted octanol–water partition coefficient (Wildman–Crippen LogP) is 2.13. The first kappa shape index (κ1) is 10.2. The standard InChI is InChI=1S/C9H16O2/c1-3-5-6-7-11-9-8-10-4-2/h3-5H,2,6-9H2,1H3. The quantitative estimate of drug-likeness (QED) is 0.319. The van der Waals surface area contributed by atoms with Gasteiger partial charge in [-0.05, 0) is 13.3 Å². The second-order valence-electron chi connectivity index (χ2n) is 2.01. The summed E-state index contributed by atoms with van der Waals surface area (Å²) in [6.45, 7) is 7.43. The summed E-state index contributed by atoms with van der Waals surface area (Å²) in [5, 5.41) is 0. The molecule has 0 atom stereocenters. The molecule has 64 valence electrons. The lowest BCUT2D eigenvalue weighted by atomic mass is 10.4. The molecule has 0 saturated carbocycles. The lowest BCUT2D eigenvalue weighted by molar-refractivity contribution is 0.0880. The van der Waals surface area contributed by atoms with Gasteiger partial charge in [-0.1, -0.05) is 18.7 Å². The molecule has 0 saturated heterocycles. The van der Waals surface area contributed by atoms with Crippen molar-refractivity contribution in [1.29, 1.82) is 0 Å². The Bertz CT molecular complexity index is 108. The second-order valence-corrected chi connectivity index (χ2v) is 2.01. The minimum absolute atomic E-state index is 0.597. The van der Waals surface area contributed by atoms with Gasteiger partial charge in [-0.3, -0.25) is 0 Å². The van der Waals surface area contributed by atoms with E-state index in [9.17, 15) is 0 Å². The van der Waals surface area contributed by atoms with Crippen LogP contribution < -0.4 is 0 Å². The van der Waals surface area contributed by atoms with Gasteiger partial charge in [-0.25, -0.2) is 0 Å². The topological polar surface area (TPSA) is 18.5 Å². The van der Waals surface area contributed by atoms with E-state index in [1.165, 1.54) is 6.26 Å². The van der Waals surface area contributed by atoms with E-state index in [0.717, 1.165) is 13.0 Å². The van der Waals surface area contributed by atoms with Crippen molar-refractivity contribution < 1.29 is 9.47 Å².